The van der Waals surface area contributed by atoms with E-state index in [2.05, 4.69) is 21.7 Å². The number of fused-ring (bicyclic) bond motifs is 1. The molecule has 8 heteroatoms. The summed E-state index contributed by atoms with van der Waals surface area (Å²) in [6.07, 6.45) is 5.57. The van der Waals surface area contributed by atoms with E-state index < -0.39 is 24.0 Å². The van der Waals surface area contributed by atoms with Crippen LogP contribution in [0.25, 0.3) is 10.9 Å². The number of para-hydroxylation sites is 1. The molecule has 0 aliphatic rings. The number of nitrogens with one attached hydrogen (secondary N) is 3. The topological polar surface area (TPSA) is 110 Å². The molecular weight excluding hydrogens is 506 g/mol. The van der Waals surface area contributed by atoms with Crippen molar-refractivity contribution in [1.82, 2.24) is 15.6 Å². The molecule has 1 unspecified atom stereocenters. The maximum atomic E-state index is 12.8. The average Bonchev–Trinajstić information content (AvgIpc) is 3.41. The van der Waals surface area contributed by atoms with E-state index in [1.54, 1.807) is 43.3 Å². The first kappa shape index (κ1) is 28.2. The number of hydrogen-bond donors (Lipinski definition) is 3. The second-order valence-electron chi connectivity index (χ2n) is 9.37. The summed E-state index contributed by atoms with van der Waals surface area (Å²) in [7, 11) is 1.32. The Balaban J connectivity index is 1.38. The van der Waals surface area contributed by atoms with Crippen LogP contribution in [0.5, 0.6) is 0 Å². The van der Waals surface area contributed by atoms with Crippen LogP contribution < -0.4 is 10.6 Å². The van der Waals surface area contributed by atoms with E-state index in [1.807, 2.05) is 54.7 Å². The maximum Gasteiger partial charge on any atom is 0.408 e. The minimum atomic E-state index is -0.605. The highest BCUT2D eigenvalue weighted by atomic mass is 16.5. The third-order valence-corrected chi connectivity index (χ3v) is 6.55. The predicted octanol–water partition coefficient (Wildman–Crippen LogP) is 5.47. The van der Waals surface area contributed by atoms with Crippen LogP contribution in [0, 0.1) is 5.92 Å². The molecule has 0 fully saturated rings. The van der Waals surface area contributed by atoms with Crippen LogP contribution in [0.1, 0.15) is 40.0 Å². The summed E-state index contributed by atoms with van der Waals surface area (Å²) in [4.78, 5) is 40.5. The lowest BCUT2D eigenvalue weighted by Crippen LogP contribution is -2.31. The zero-order chi connectivity index (χ0) is 28.3. The summed E-state index contributed by atoms with van der Waals surface area (Å²) in [5.74, 6) is -1.02. The van der Waals surface area contributed by atoms with Gasteiger partial charge in [-0.05, 0) is 41.3 Å². The molecular formula is C32H33N3O5. The number of amides is 2. The average molecular weight is 540 g/mol. The number of benzene rings is 3. The molecule has 0 bridgehead atoms. The summed E-state index contributed by atoms with van der Waals surface area (Å²) < 4.78 is 10.2. The van der Waals surface area contributed by atoms with Crippen LogP contribution >= 0.6 is 0 Å². The molecule has 2 atom stereocenters. The Kier molecular flexibility index (Phi) is 9.72. The highest BCUT2D eigenvalue weighted by Gasteiger charge is 2.16. The molecule has 40 heavy (non-hydrogen) atoms. The number of H-pyrrole nitrogens is 1. The Morgan fingerprint density at radius 1 is 0.925 bits per heavy atom. The van der Waals surface area contributed by atoms with Gasteiger partial charge < -0.3 is 25.1 Å². The normalized spacial score (nSPS) is 12.6. The Hall–Kier alpha value is -4.85. The molecule has 2 amide bonds. The van der Waals surface area contributed by atoms with Gasteiger partial charge in [-0.25, -0.2) is 9.59 Å². The van der Waals surface area contributed by atoms with Crippen molar-refractivity contribution in [3.63, 3.8) is 0 Å². The van der Waals surface area contributed by atoms with Crippen molar-refractivity contribution in [2.24, 2.45) is 5.92 Å². The minimum Gasteiger partial charge on any atom is -0.465 e. The first-order valence-electron chi connectivity index (χ1n) is 13.1. The van der Waals surface area contributed by atoms with Crippen molar-refractivity contribution in [2.45, 2.75) is 26.0 Å². The van der Waals surface area contributed by atoms with Crippen LogP contribution in [-0.4, -0.2) is 36.6 Å². The molecule has 8 nitrogen and oxygen atoms in total. The highest BCUT2D eigenvalue weighted by Crippen LogP contribution is 2.19. The van der Waals surface area contributed by atoms with Crippen molar-refractivity contribution in [3.8, 4) is 0 Å². The number of aromatic amines is 1. The van der Waals surface area contributed by atoms with Crippen LogP contribution in [0.3, 0.4) is 0 Å². The van der Waals surface area contributed by atoms with Crippen molar-refractivity contribution in [2.75, 3.05) is 13.7 Å². The Morgan fingerprint density at radius 3 is 2.40 bits per heavy atom. The largest absolute Gasteiger partial charge is 0.465 e. The standard InChI is InChI=1S/C32H33N3O5/c1-22(30(36)33-19-18-26-20-34-29-11-7-6-10-27(26)29)12-17-28(24-13-15-25(16-14-24)31(37)39-2)35-32(38)40-21-23-8-4-3-5-9-23/h3-17,20,22,28,34H,18-19,21H2,1-2H3,(H,33,36)(H,35,38)/b17-12+/t22-,28?/m1/s1. The fraction of sp³-hybridized carbons (Fsp3) is 0.219. The molecule has 1 heterocycles. The summed E-state index contributed by atoms with van der Waals surface area (Å²) in [6, 6.07) is 23.6. The van der Waals surface area contributed by atoms with Gasteiger partial charge in [-0.2, -0.15) is 0 Å². The fourth-order valence-corrected chi connectivity index (χ4v) is 4.26. The van der Waals surface area contributed by atoms with Gasteiger partial charge in [0.05, 0.1) is 24.6 Å². The molecule has 3 N–H and O–H groups in total. The van der Waals surface area contributed by atoms with Crippen molar-refractivity contribution < 1.29 is 23.9 Å². The monoisotopic (exact) mass is 539 g/mol. The number of carbonyl (C=O) groups is 3. The molecule has 0 aliphatic heterocycles. The van der Waals surface area contributed by atoms with E-state index in [0.29, 0.717) is 24.1 Å². The fourth-order valence-electron chi connectivity index (χ4n) is 4.26. The summed E-state index contributed by atoms with van der Waals surface area (Å²) in [5, 5.41) is 6.98. The van der Waals surface area contributed by atoms with Gasteiger partial charge in [-0.1, -0.05) is 79.7 Å². The van der Waals surface area contributed by atoms with E-state index in [4.69, 9.17) is 9.47 Å². The van der Waals surface area contributed by atoms with Gasteiger partial charge in [-0.15, -0.1) is 0 Å². The minimum absolute atomic E-state index is 0.123. The van der Waals surface area contributed by atoms with Crippen LogP contribution in [0.2, 0.25) is 0 Å². The van der Waals surface area contributed by atoms with Gasteiger partial charge in [0.25, 0.3) is 0 Å². The number of rotatable bonds is 11. The Morgan fingerprint density at radius 2 is 1.65 bits per heavy atom. The van der Waals surface area contributed by atoms with Gasteiger partial charge in [0, 0.05) is 23.6 Å². The molecule has 4 rings (SSSR count). The van der Waals surface area contributed by atoms with Crippen LogP contribution in [-0.2, 0) is 27.3 Å². The van der Waals surface area contributed by atoms with E-state index >= 15 is 0 Å². The van der Waals surface area contributed by atoms with Gasteiger partial charge in [-0.3, -0.25) is 4.79 Å². The summed E-state index contributed by atoms with van der Waals surface area (Å²) in [6.45, 7) is 2.42. The van der Waals surface area contributed by atoms with E-state index in [0.717, 1.165) is 22.0 Å². The molecule has 4 aromatic rings. The number of aromatic nitrogens is 1. The quantitative estimate of drug-likeness (QED) is 0.173. The zero-order valence-corrected chi connectivity index (χ0v) is 22.6. The van der Waals surface area contributed by atoms with E-state index in [1.165, 1.54) is 7.11 Å². The second kappa shape index (κ2) is 13.8. The second-order valence-corrected chi connectivity index (χ2v) is 9.37. The lowest BCUT2D eigenvalue weighted by atomic mass is 10.0. The number of methoxy groups -OCH3 is 1. The van der Waals surface area contributed by atoms with Crippen LogP contribution in [0.4, 0.5) is 4.79 Å². The number of ether oxygens (including phenoxy) is 2. The first-order chi connectivity index (χ1) is 19.4. The number of hydrogen-bond acceptors (Lipinski definition) is 5. The molecule has 1 aromatic heterocycles. The molecule has 3 aromatic carbocycles. The number of alkyl carbamates (subject to hydrolysis) is 1. The van der Waals surface area contributed by atoms with Gasteiger partial charge in [0.1, 0.15) is 6.61 Å². The third kappa shape index (κ3) is 7.60. The maximum absolute atomic E-state index is 12.8. The molecule has 206 valence electrons. The lowest BCUT2D eigenvalue weighted by molar-refractivity contribution is -0.123. The summed E-state index contributed by atoms with van der Waals surface area (Å²) in [5.41, 5.74) is 4.19. The Labute approximate surface area is 233 Å². The molecule has 0 aliphatic carbocycles. The van der Waals surface area contributed by atoms with Gasteiger partial charge in [0.2, 0.25) is 5.91 Å². The smallest absolute Gasteiger partial charge is 0.408 e. The number of esters is 1. The zero-order valence-electron chi connectivity index (χ0n) is 22.6. The first-order valence-corrected chi connectivity index (χ1v) is 13.1. The molecule has 0 saturated heterocycles. The highest BCUT2D eigenvalue weighted by molar-refractivity contribution is 5.89. The Bertz CT molecular complexity index is 1460. The number of carbonyl (C=O) groups excluding carboxylic acids is 3. The van der Waals surface area contributed by atoms with Gasteiger partial charge in [0.15, 0.2) is 0 Å². The SMILES string of the molecule is COC(=O)c1ccc(C(/C=C/[C@@H](C)C(=O)NCCc2c[nH]c3ccccc23)NC(=O)OCc2ccccc2)cc1. The molecule has 0 radical (unpaired) electrons. The predicted molar refractivity (Wildman–Crippen MR) is 154 cm³/mol. The van der Waals surface area contributed by atoms with Crippen molar-refractivity contribution in [1.29, 1.82) is 0 Å². The van der Waals surface area contributed by atoms with E-state index in [-0.39, 0.29) is 12.5 Å². The lowest BCUT2D eigenvalue weighted by Gasteiger charge is -2.17. The van der Waals surface area contributed by atoms with Crippen molar-refractivity contribution in [3.05, 3.63) is 119 Å². The summed E-state index contributed by atoms with van der Waals surface area (Å²) >= 11 is 0. The molecule has 0 saturated carbocycles. The van der Waals surface area contributed by atoms with Crippen LogP contribution in [0.15, 0.2) is 97.2 Å². The third-order valence-electron chi connectivity index (χ3n) is 6.55. The molecule has 0 spiro atoms. The van der Waals surface area contributed by atoms with Crippen molar-refractivity contribution >= 4 is 28.9 Å². The van der Waals surface area contributed by atoms with E-state index in [9.17, 15) is 14.4 Å². The van der Waals surface area contributed by atoms with Gasteiger partial charge >= 0.3 is 12.1 Å².